The van der Waals surface area contributed by atoms with Crippen LogP contribution in [-0.2, 0) is 17.7 Å². The molecule has 0 unspecified atom stereocenters. The van der Waals surface area contributed by atoms with Gasteiger partial charge < -0.3 is 14.7 Å². The molecule has 7 nitrogen and oxygen atoms in total. The molecule has 1 aliphatic rings. The average Bonchev–Trinajstić information content (AvgIpc) is 3.49. The number of likely N-dealkylation sites (tertiary alicyclic amines) is 1. The third kappa shape index (κ3) is 4.69. The summed E-state index contributed by atoms with van der Waals surface area (Å²) < 4.78 is 4.89. The van der Waals surface area contributed by atoms with Crippen LogP contribution in [-0.4, -0.2) is 51.2 Å². The Balaban J connectivity index is 1.22. The minimum atomic E-state index is -0.375. The molecule has 2 aromatic carbocycles. The first-order valence-corrected chi connectivity index (χ1v) is 12.0. The number of esters is 1. The van der Waals surface area contributed by atoms with Crippen molar-refractivity contribution in [3.63, 3.8) is 0 Å². The van der Waals surface area contributed by atoms with Gasteiger partial charge in [0, 0.05) is 17.1 Å². The number of rotatable bonds is 6. The van der Waals surface area contributed by atoms with Gasteiger partial charge in [-0.2, -0.15) is 0 Å². The summed E-state index contributed by atoms with van der Waals surface area (Å²) in [7, 11) is 1.38. The first-order chi connectivity index (χ1) is 16.5. The molecule has 1 fully saturated rings. The van der Waals surface area contributed by atoms with Gasteiger partial charge in [-0.3, -0.25) is 4.90 Å². The van der Waals surface area contributed by atoms with Crippen LogP contribution in [0.5, 0.6) is 0 Å². The Hall–Kier alpha value is -2.87. The standard InChI is InChI=1S/C25H25Cl2N5O2/c1-34-25(33)18-4-2-3-17-19(13-28-23(17)18)24-29-22(30-31-24)14-32-9-7-15(8-10-32)11-16-5-6-20(26)21(27)12-16/h2-6,12-13,15,28H,7-11,14H2,1H3,(H,29,30,31). The second kappa shape index (κ2) is 9.78. The second-order valence-corrected chi connectivity index (χ2v) is 9.53. The lowest BCUT2D eigenvalue weighted by Crippen LogP contribution is -2.34. The van der Waals surface area contributed by atoms with E-state index in [2.05, 4.69) is 31.1 Å². The highest BCUT2D eigenvalue weighted by Gasteiger charge is 2.22. The van der Waals surface area contributed by atoms with E-state index in [0.717, 1.165) is 61.2 Å². The molecule has 2 aromatic heterocycles. The lowest BCUT2D eigenvalue weighted by molar-refractivity contribution is 0.0603. The summed E-state index contributed by atoms with van der Waals surface area (Å²) in [4.78, 5) is 21.0. The lowest BCUT2D eigenvalue weighted by Gasteiger charge is -2.31. The fourth-order valence-electron chi connectivity index (χ4n) is 4.68. The van der Waals surface area contributed by atoms with E-state index in [1.807, 2.05) is 30.5 Å². The largest absolute Gasteiger partial charge is 0.465 e. The zero-order chi connectivity index (χ0) is 23.7. The molecule has 3 heterocycles. The van der Waals surface area contributed by atoms with Crippen molar-refractivity contribution in [3.05, 3.63) is 69.6 Å². The van der Waals surface area contributed by atoms with Crippen molar-refractivity contribution in [3.8, 4) is 11.4 Å². The monoisotopic (exact) mass is 497 g/mol. The number of para-hydroxylation sites is 1. The van der Waals surface area contributed by atoms with Crippen LogP contribution in [0.25, 0.3) is 22.3 Å². The van der Waals surface area contributed by atoms with Gasteiger partial charge in [-0.1, -0.05) is 41.4 Å². The van der Waals surface area contributed by atoms with Crippen molar-refractivity contribution < 1.29 is 9.53 Å². The van der Waals surface area contributed by atoms with Gasteiger partial charge in [0.1, 0.15) is 5.82 Å². The molecule has 1 aliphatic heterocycles. The van der Waals surface area contributed by atoms with Crippen LogP contribution in [0.3, 0.4) is 0 Å². The minimum Gasteiger partial charge on any atom is -0.465 e. The van der Waals surface area contributed by atoms with Crippen LogP contribution >= 0.6 is 23.2 Å². The third-order valence-electron chi connectivity index (χ3n) is 6.50. The Kier molecular flexibility index (Phi) is 6.59. The Morgan fingerprint density at radius 2 is 1.97 bits per heavy atom. The predicted molar refractivity (Wildman–Crippen MR) is 133 cm³/mol. The van der Waals surface area contributed by atoms with Gasteiger partial charge in [-0.25, -0.2) is 4.79 Å². The fraction of sp³-hybridized carbons (Fsp3) is 0.320. The van der Waals surface area contributed by atoms with Crippen LogP contribution in [0, 0.1) is 5.92 Å². The number of fused-ring (bicyclic) bond motifs is 1. The number of nitrogens with zero attached hydrogens (tertiary/aromatic N) is 3. The van der Waals surface area contributed by atoms with Crippen LogP contribution in [0.1, 0.15) is 34.6 Å². The molecule has 0 amide bonds. The maximum atomic E-state index is 12.1. The highest BCUT2D eigenvalue weighted by molar-refractivity contribution is 6.42. The van der Waals surface area contributed by atoms with Crippen LogP contribution < -0.4 is 0 Å². The number of carbonyl (C=O) groups excluding carboxylic acids is 1. The molecule has 9 heteroatoms. The molecule has 5 rings (SSSR count). The molecule has 2 N–H and O–H groups in total. The van der Waals surface area contributed by atoms with E-state index in [4.69, 9.17) is 27.9 Å². The summed E-state index contributed by atoms with van der Waals surface area (Å²) in [5.74, 6) is 1.77. The maximum absolute atomic E-state index is 12.1. The maximum Gasteiger partial charge on any atom is 0.339 e. The lowest BCUT2D eigenvalue weighted by atomic mass is 9.90. The van der Waals surface area contributed by atoms with Crippen LogP contribution in [0.2, 0.25) is 10.0 Å². The molecule has 0 aliphatic carbocycles. The number of methoxy groups -OCH3 is 1. The summed E-state index contributed by atoms with van der Waals surface area (Å²) in [6.07, 6.45) is 5.11. The molecular weight excluding hydrogens is 473 g/mol. The van der Waals surface area contributed by atoms with Gasteiger partial charge in [-0.15, -0.1) is 10.2 Å². The number of nitrogens with one attached hydrogen (secondary N) is 2. The summed E-state index contributed by atoms with van der Waals surface area (Å²) >= 11 is 12.2. The van der Waals surface area contributed by atoms with E-state index in [1.54, 1.807) is 6.07 Å². The van der Waals surface area contributed by atoms with E-state index in [-0.39, 0.29) is 5.97 Å². The average molecular weight is 498 g/mol. The first-order valence-electron chi connectivity index (χ1n) is 11.3. The fourth-order valence-corrected chi connectivity index (χ4v) is 5.00. The van der Waals surface area contributed by atoms with Crippen molar-refractivity contribution in [2.45, 2.75) is 25.8 Å². The molecule has 0 radical (unpaired) electrons. The molecule has 176 valence electrons. The SMILES string of the molecule is COC(=O)c1cccc2c(-c3nnc(CN4CCC(Cc5ccc(Cl)c(Cl)c5)CC4)[nH]3)c[nH]c12. The number of aromatic nitrogens is 4. The molecular formula is C25H25Cl2N5O2. The summed E-state index contributed by atoms with van der Waals surface area (Å²) in [5.41, 5.74) is 3.34. The topological polar surface area (TPSA) is 86.9 Å². The molecule has 34 heavy (non-hydrogen) atoms. The Morgan fingerprint density at radius 3 is 2.74 bits per heavy atom. The minimum absolute atomic E-state index is 0.375. The summed E-state index contributed by atoms with van der Waals surface area (Å²) in [6, 6.07) is 11.5. The number of ether oxygens (including phenoxy) is 1. The van der Waals surface area contributed by atoms with Crippen molar-refractivity contribution in [2.24, 2.45) is 5.92 Å². The predicted octanol–water partition coefficient (Wildman–Crippen LogP) is 5.50. The smallest absolute Gasteiger partial charge is 0.339 e. The molecule has 1 saturated heterocycles. The first kappa shape index (κ1) is 22.9. The van der Waals surface area contributed by atoms with E-state index in [9.17, 15) is 4.79 Å². The van der Waals surface area contributed by atoms with Gasteiger partial charge in [-0.05, 0) is 62.0 Å². The Labute approximate surface area is 207 Å². The number of H-pyrrole nitrogens is 2. The zero-order valence-corrected chi connectivity index (χ0v) is 20.3. The van der Waals surface area contributed by atoms with Crippen LogP contribution in [0.4, 0.5) is 0 Å². The molecule has 0 atom stereocenters. The Bertz CT molecular complexity index is 1320. The zero-order valence-electron chi connectivity index (χ0n) is 18.8. The number of hydrogen-bond acceptors (Lipinski definition) is 5. The van der Waals surface area contributed by atoms with Gasteiger partial charge in [0.15, 0.2) is 5.82 Å². The molecule has 0 spiro atoms. The number of carbonyl (C=O) groups is 1. The van der Waals surface area contributed by atoms with Crippen molar-refractivity contribution in [1.29, 1.82) is 0 Å². The number of benzene rings is 2. The summed E-state index contributed by atoms with van der Waals surface area (Å²) in [5, 5.41) is 10.9. The van der Waals surface area contributed by atoms with Crippen molar-refractivity contribution in [2.75, 3.05) is 20.2 Å². The summed E-state index contributed by atoms with van der Waals surface area (Å²) in [6.45, 7) is 2.75. The normalized spacial score (nSPS) is 15.1. The van der Waals surface area contributed by atoms with Gasteiger partial charge in [0.2, 0.25) is 0 Å². The highest BCUT2D eigenvalue weighted by atomic mass is 35.5. The quantitative estimate of drug-likeness (QED) is 0.343. The van der Waals surface area contributed by atoms with Crippen molar-refractivity contribution in [1.82, 2.24) is 25.1 Å². The van der Waals surface area contributed by atoms with E-state index < -0.39 is 0 Å². The number of hydrogen-bond donors (Lipinski definition) is 2. The van der Waals surface area contributed by atoms with Crippen LogP contribution in [0.15, 0.2) is 42.6 Å². The van der Waals surface area contributed by atoms with Gasteiger partial charge in [0.25, 0.3) is 0 Å². The van der Waals surface area contributed by atoms with E-state index in [1.165, 1.54) is 12.7 Å². The number of piperidine rings is 1. The number of aromatic amines is 2. The highest BCUT2D eigenvalue weighted by Crippen LogP contribution is 2.30. The molecule has 0 saturated carbocycles. The number of halogens is 2. The molecule has 4 aromatic rings. The molecule has 0 bridgehead atoms. The van der Waals surface area contributed by atoms with Gasteiger partial charge >= 0.3 is 5.97 Å². The van der Waals surface area contributed by atoms with Crippen molar-refractivity contribution >= 4 is 40.1 Å². The second-order valence-electron chi connectivity index (χ2n) is 8.71. The van der Waals surface area contributed by atoms with E-state index >= 15 is 0 Å². The van der Waals surface area contributed by atoms with E-state index in [0.29, 0.717) is 27.4 Å². The third-order valence-corrected chi connectivity index (χ3v) is 7.24. The Morgan fingerprint density at radius 1 is 1.15 bits per heavy atom. The van der Waals surface area contributed by atoms with Gasteiger partial charge in [0.05, 0.1) is 34.8 Å².